The van der Waals surface area contributed by atoms with E-state index in [9.17, 15) is 0 Å². The number of rotatable bonds is 1. The zero-order valence-corrected chi connectivity index (χ0v) is 18.3. The molecule has 5 aromatic rings. The summed E-state index contributed by atoms with van der Waals surface area (Å²) in [4.78, 5) is 3.61. The molecule has 0 fully saturated rings. The molecule has 1 aromatic heterocycles. The molecule has 0 bridgehead atoms. The van der Waals surface area contributed by atoms with Crippen LogP contribution in [0.3, 0.4) is 0 Å². The molecule has 3 nitrogen and oxygen atoms in total. The minimum Gasteiger partial charge on any atom is -0.453 e. The van der Waals surface area contributed by atoms with Gasteiger partial charge in [0, 0.05) is 36.4 Å². The highest BCUT2D eigenvalue weighted by molar-refractivity contribution is 9.13. The summed E-state index contributed by atoms with van der Waals surface area (Å²) in [5.74, 6) is 1.62. The van der Waals surface area contributed by atoms with Gasteiger partial charge in [0.05, 0.1) is 16.9 Å². The summed E-state index contributed by atoms with van der Waals surface area (Å²) in [5, 5.41) is 6.01. The van der Waals surface area contributed by atoms with Gasteiger partial charge in [-0.25, -0.2) is 0 Å². The van der Waals surface area contributed by atoms with E-state index in [1.165, 1.54) is 10.8 Å². The Bertz CT molecular complexity index is 1440. The number of hydrogen-bond donors (Lipinski definition) is 2. The third kappa shape index (κ3) is 2.54. The van der Waals surface area contributed by atoms with Crippen molar-refractivity contribution in [2.75, 3.05) is 5.32 Å². The van der Waals surface area contributed by atoms with Crippen molar-refractivity contribution in [1.82, 2.24) is 4.98 Å². The molecule has 2 N–H and O–H groups in total. The molecule has 2 heterocycles. The van der Waals surface area contributed by atoms with E-state index in [-0.39, 0.29) is 0 Å². The lowest BCUT2D eigenvalue weighted by Gasteiger charge is -2.25. The Morgan fingerprint density at radius 1 is 0.759 bits per heavy atom. The van der Waals surface area contributed by atoms with Gasteiger partial charge in [-0.1, -0.05) is 48.5 Å². The summed E-state index contributed by atoms with van der Waals surface area (Å²) < 4.78 is 8.15. The highest BCUT2D eigenvalue weighted by Gasteiger charge is 2.25. The lowest BCUT2D eigenvalue weighted by molar-refractivity contribution is 0.481. The van der Waals surface area contributed by atoms with Crippen molar-refractivity contribution in [3.05, 3.63) is 81.7 Å². The maximum Gasteiger partial charge on any atom is 0.152 e. The van der Waals surface area contributed by atoms with Gasteiger partial charge in [0.25, 0.3) is 0 Å². The number of fused-ring (bicyclic) bond motifs is 5. The molecule has 0 unspecified atom stereocenters. The molecule has 0 atom stereocenters. The highest BCUT2D eigenvalue weighted by atomic mass is 79.9. The van der Waals surface area contributed by atoms with Gasteiger partial charge >= 0.3 is 0 Å². The zero-order valence-electron chi connectivity index (χ0n) is 15.1. The van der Waals surface area contributed by atoms with Crippen LogP contribution >= 0.6 is 31.9 Å². The first-order valence-corrected chi connectivity index (χ1v) is 10.8. The van der Waals surface area contributed by atoms with E-state index in [4.69, 9.17) is 4.74 Å². The minimum atomic E-state index is 0.793. The Hall–Kier alpha value is -2.76. The Kier molecular flexibility index (Phi) is 3.76. The predicted octanol–water partition coefficient (Wildman–Crippen LogP) is 8.36. The summed E-state index contributed by atoms with van der Waals surface area (Å²) in [5.41, 5.74) is 6.31. The third-order valence-electron chi connectivity index (χ3n) is 5.36. The van der Waals surface area contributed by atoms with Crippen molar-refractivity contribution in [2.45, 2.75) is 0 Å². The SMILES string of the molecule is Brc1cc2c(c(-c3cccc4c3[nH]c3ccccc34)c1Br)Nc1ccccc1O2. The molecular formula is C24H14Br2N2O. The van der Waals surface area contributed by atoms with Crippen molar-refractivity contribution >= 4 is 65.0 Å². The molecule has 1 aliphatic rings. The first-order chi connectivity index (χ1) is 14.2. The van der Waals surface area contributed by atoms with E-state index in [2.05, 4.69) is 84.6 Å². The van der Waals surface area contributed by atoms with Crippen LogP contribution in [0.15, 0.2) is 81.7 Å². The Balaban J connectivity index is 1.67. The number of halogens is 2. The smallest absolute Gasteiger partial charge is 0.152 e. The van der Waals surface area contributed by atoms with Crippen molar-refractivity contribution < 1.29 is 4.74 Å². The average molecular weight is 506 g/mol. The zero-order chi connectivity index (χ0) is 19.5. The quantitative estimate of drug-likeness (QED) is 0.235. The van der Waals surface area contributed by atoms with Gasteiger partial charge in [0.15, 0.2) is 11.5 Å². The fraction of sp³-hybridized carbons (Fsp3) is 0. The maximum absolute atomic E-state index is 6.22. The van der Waals surface area contributed by atoms with Gasteiger partial charge in [-0.05, 0) is 56.1 Å². The van der Waals surface area contributed by atoms with E-state index in [0.29, 0.717) is 0 Å². The molecule has 5 heteroatoms. The Morgan fingerprint density at radius 3 is 2.48 bits per heavy atom. The fourth-order valence-electron chi connectivity index (χ4n) is 4.05. The molecule has 0 saturated carbocycles. The van der Waals surface area contributed by atoms with Gasteiger partial charge in [0.2, 0.25) is 0 Å². The van der Waals surface area contributed by atoms with Crippen molar-refractivity contribution in [1.29, 1.82) is 0 Å². The van der Waals surface area contributed by atoms with E-state index in [1.807, 2.05) is 30.3 Å². The molecule has 0 saturated heterocycles. The lowest BCUT2D eigenvalue weighted by atomic mass is 9.99. The van der Waals surface area contributed by atoms with Gasteiger partial charge in [-0.15, -0.1) is 0 Å². The Labute approximate surface area is 184 Å². The van der Waals surface area contributed by atoms with Gasteiger partial charge in [-0.2, -0.15) is 0 Å². The van der Waals surface area contributed by atoms with Crippen molar-refractivity contribution in [3.63, 3.8) is 0 Å². The summed E-state index contributed by atoms with van der Waals surface area (Å²) in [6.07, 6.45) is 0. The van der Waals surface area contributed by atoms with Gasteiger partial charge < -0.3 is 15.0 Å². The fourth-order valence-corrected chi connectivity index (χ4v) is 4.99. The number of H-pyrrole nitrogens is 1. The Morgan fingerprint density at radius 2 is 1.55 bits per heavy atom. The van der Waals surface area contributed by atoms with E-state index < -0.39 is 0 Å². The normalized spacial score (nSPS) is 12.3. The average Bonchev–Trinajstić information content (AvgIpc) is 3.13. The predicted molar refractivity (Wildman–Crippen MR) is 126 cm³/mol. The molecule has 1 aliphatic heterocycles. The monoisotopic (exact) mass is 504 g/mol. The van der Waals surface area contributed by atoms with Crippen molar-refractivity contribution in [3.8, 4) is 22.6 Å². The van der Waals surface area contributed by atoms with E-state index in [1.54, 1.807) is 0 Å². The maximum atomic E-state index is 6.22. The van der Waals surface area contributed by atoms with Crippen LogP contribution < -0.4 is 10.1 Å². The van der Waals surface area contributed by atoms with Crippen LogP contribution in [0.4, 0.5) is 11.4 Å². The molecule has 0 spiro atoms. The largest absolute Gasteiger partial charge is 0.453 e. The van der Waals surface area contributed by atoms with Crippen LogP contribution in [0.2, 0.25) is 0 Å². The van der Waals surface area contributed by atoms with Gasteiger partial charge in [-0.3, -0.25) is 0 Å². The van der Waals surface area contributed by atoms with E-state index in [0.717, 1.165) is 54.0 Å². The minimum absolute atomic E-state index is 0.793. The number of benzene rings is 4. The summed E-state index contributed by atoms with van der Waals surface area (Å²) in [6, 6.07) is 24.8. The van der Waals surface area contributed by atoms with Crippen molar-refractivity contribution in [2.24, 2.45) is 0 Å². The van der Waals surface area contributed by atoms with Crippen LogP contribution in [0.1, 0.15) is 0 Å². The molecular weight excluding hydrogens is 492 g/mol. The topological polar surface area (TPSA) is 37.0 Å². The second-order valence-corrected chi connectivity index (χ2v) is 8.69. The number of para-hydroxylation sites is 4. The first-order valence-electron chi connectivity index (χ1n) is 9.26. The summed E-state index contributed by atoms with van der Waals surface area (Å²) in [6.45, 7) is 0. The molecule has 0 amide bonds. The number of hydrogen-bond acceptors (Lipinski definition) is 2. The highest BCUT2D eigenvalue weighted by Crippen LogP contribution is 2.52. The van der Waals surface area contributed by atoms with Crippen LogP contribution in [0.5, 0.6) is 11.5 Å². The molecule has 4 aromatic carbocycles. The molecule has 29 heavy (non-hydrogen) atoms. The second kappa shape index (κ2) is 6.37. The van der Waals surface area contributed by atoms with Crippen LogP contribution in [0.25, 0.3) is 32.9 Å². The summed E-state index contributed by atoms with van der Waals surface area (Å²) in [7, 11) is 0. The third-order valence-corrected chi connectivity index (χ3v) is 7.34. The number of anilines is 2. The number of aromatic amines is 1. The standard InChI is InChI=1S/C24H14Br2N2O/c25-16-12-20-24(28-18-10-3-4-11-19(18)29-20)21(22(16)26)15-8-5-7-14-13-6-1-2-9-17(13)27-23(14)15/h1-12,27-28H. The lowest BCUT2D eigenvalue weighted by Crippen LogP contribution is -2.05. The first kappa shape index (κ1) is 17.1. The molecule has 140 valence electrons. The van der Waals surface area contributed by atoms with Crippen LogP contribution in [0, 0.1) is 0 Å². The number of ether oxygens (including phenoxy) is 1. The molecule has 0 radical (unpaired) electrons. The second-order valence-electron chi connectivity index (χ2n) is 7.04. The van der Waals surface area contributed by atoms with Crippen LogP contribution in [-0.2, 0) is 0 Å². The summed E-state index contributed by atoms with van der Waals surface area (Å²) >= 11 is 7.51. The molecule has 6 rings (SSSR count). The molecule has 0 aliphatic carbocycles. The number of aromatic nitrogens is 1. The van der Waals surface area contributed by atoms with E-state index >= 15 is 0 Å². The number of nitrogens with one attached hydrogen (secondary N) is 2. The van der Waals surface area contributed by atoms with Crippen LogP contribution in [-0.4, -0.2) is 4.98 Å². The van der Waals surface area contributed by atoms with Gasteiger partial charge in [0.1, 0.15) is 0 Å².